The number of methoxy groups -OCH3 is 1. The number of piperazine rings is 1. The van der Waals surface area contributed by atoms with Crippen molar-refractivity contribution in [1.29, 1.82) is 0 Å². The fourth-order valence-corrected chi connectivity index (χ4v) is 4.08. The van der Waals surface area contributed by atoms with Crippen LogP contribution in [0.15, 0.2) is 36.7 Å². The maximum absolute atomic E-state index is 14.1. The molecule has 3 rings (SSSR count). The van der Waals surface area contributed by atoms with E-state index in [0.717, 1.165) is 29.1 Å². The zero-order chi connectivity index (χ0) is 22.8. The minimum Gasteiger partial charge on any atom is -0.469 e. The number of anilines is 1. The number of rotatable bonds is 6. The molecule has 0 aliphatic carbocycles. The second-order valence-corrected chi connectivity index (χ2v) is 7.78. The minimum atomic E-state index is -5.13. The van der Waals surface area contributed by atoms with Crippen LogP contribution in [-0.2, 0) is 22.2 Å². The molecular weight excluding hydrogens is 413 g/mol. The first kappa shape index (κ1) is 23.1. The Morgan fingerprint density at radius 1 is 1.23 bits per heavy atom. The Hall–Kier alpha value is -2.59. The highest BCUT2D eigenvalue weighted by molar-refractivity contribution is 5.74. The summed E-state index contributed by atoms with van der Waals surface area (Å²) in [6.45, 7) is 3.76. The second kappa shape index (κ2) is 8.88. The molecule has 0 spiro atoms. The number of alkyl halides is 3. The maximum Gasteiger partial charge on any atom is 0.425 e. The summed E-state index contributed by atoms with van der Waals surface area (Å²) in [6.07, 6.45) is -2.68. The van der Waals surface area contributed by atoms with Crippen LogP contribution in [0.3, 0.4) is 0 Å². The number of carbonyl (C=O) groups is 1. The van der Waals surface area contributed by atoms with Crippen LogP contribution >= 0.6 is 0 Å². The summed E-state index contributed by atoms with van der Waals surface area (Å²) in [4.78, 5) is 20.1. The lowest BCUT2D eigenvalue weighted by Crippen LogP contribution is -2.58. The molecular formula is C21H27F3N4O3. The van der Waals surface area contributed by atoms with E-state index in [1.807, 2.05) is 31.2 Å². The Balaban J connectivity index is 1.83. The summed E-state index contributed by atoms with van der Waals surface area (Å²) < 4.78 is 48.2. The van der Waals surface area contributed by atoms with Crippen molar-refractivity contribution in [2.24, 2.45) is 13.0 Å². The fourth-order valence-electron chi connectivity index (χ4n) is 4.08. The number of aromatic nitrogens is 2. The van der Waals surface area contributed by atoms with Crippen LogP contribution in [0.2, 0.25) is 0 Å². The molecule has 1 aromatic carbocycles. The van der Waals surface area contributed by atoms with Crippen molar-refractivity contribution >= 4 is 11.7 Å². The van der Waals surface area contributed by atoms with E-state index in [0.29, 0.717) is 26.2 Å². The number of hydrogen-bond donors (Lipinski definition) is 1. The number of benzene rings is 1. The molecule has 0 unspecified atom stereocenters. The van der Waals surface area contributed by atoms with E-state index in [-0.39, 0.29) is 6.54 Å². The van der Waals surface area contributed by atoms with Gasteiger partial charge >= 0.3 is 12.1 Å². The Morgan fingerprint density at radius 3 is 2.39 bits per heavy atom. The quantitative estimate of drug-likeness (QED) is 0.694. The predicted molar refractivity (Wildman–Crippen MR) is 108 cm³/mol. The molecule has 2 heterocycles. The van der Waals surface area contributed by atoms with Crippen molar-refractivity contribution < 1.29 is 27.8 Å². The molecule has 170 valence electrons. The molecule has 2 aromatic rings. The highest BCUT2D eigenvalue weighted by atomic mass is 19.4. The van der Waals surface area contributed by atoms with E-state index >= 15 is 0 Å². The van der Waals surface area contributed by atoms with Crippen LogP contribution in [0.5, 0.6) is 0 Å². The average Bonchev–Trinajstić information content (AvgIpc) is 3.17. The van der Waals surface area contributed by atoms with Crippen LogP contribution < -0.4 is 4.90 Å². The third kappa shape index (κ3) is 4.40. The predicted octanol–water partition coefficient (Wildman–Crippen LogP) is 2.09. The standard InChI is InChI=1S/C21H27F3N4O3/c1-15-6-4-5-7-17(15)28-12-10-27(11-13-28)14-16(18(29)31-3)20(30,21(22,23)24)19-25-8-9-26(19)2/h4-9,16,30H,10-14H2,1-3H3/t16-,20-/m1/s1. The van der Waals surface area contributed by atoms with Gasteiger partial charge in [0.25, 0.3) is 0 Å². The van der Waals surface area contributed by atoms with Gasteiger partial charge in [-0.25, -0.2) is 4.98 Å². The number of ether oxygens (including phenoxy) is 1. The van der Waals surface area contributed by atoms with E-state index in [1.165, 1.54) is 13.2 Å². The first-order valence-electron chi connectivity index (χ1n) is 9.97. The van der Waals surface area contributed by atoms with Gasteiger partial charge in [-0.1, -0.05) is 18.2 Å². The Kier molecular flexibility index (Phi) is 6.61. The van der Waals surface area contributed by atoms with Crippen LogP contribution in [0, 0.1) is 12.8 Å². The van der Waals surface area contributed by atoms with E-state index in [4.69, 9.17) is 0 Å². The molecule has 1 aliphatic heterocycles. The van der Waals surface area contributed by atoms with E-state index in [9.17, 15) is 23.1 Å². The first-order chi connectivity index (χ1) is 14.6. The second-order valence-electron chi connectivity index (χ2n) is 7.78. The third-order valence-corrected chi connectivity index (χ3v) is 5.85. The van der Waals surface area contributed by atoms with Gasteiger partial charge in [-0.15, -0.1) is 0 Å². The van der Waals surface area contributed by atoms with Gasteiger partial charge in [0.05, 0.1) is 7.11 Å². The maximum atomic E-state index is 14.1. The summed E-state index contributed by atoms with van der Waals surface area (Å²) >= 11 is 0. The highest BCUT2D eigenvalue weighted by Gasteiger charge is 2.65. The van der Waals surface area contributed by atoms with Crippen LogP contribution in [0.4, 0.5) is 18.9 Å². The van der Waals surface area contributed by atoms with Crippen LogP contribution in [0.25, 0.3) is 0 Å². The van der Waals surface area contributed by atoms with Gasteiger partial charge in [-0.05, 0) is 18.6 Å². The molecule has 0 amide bonds. The van der Waals surface area contributed by atoms with Crippen molar-refractivity contribution in [3.8, 4) is 0 Å². The number of carbonyl (C=O) groups excluding carboxylic acids is 1. The Bertz CT molecular complexity index is 909. The molecule has 1 N–H and O–H groups in total. The number of hydrogen-bond acceptors (Lipinski definition) is 6. The van der Waals surface area contributed by atoms with Crippen LogP contribution in [0.1, 0.15) is 11.4 Å². The van der Waals surface area contributed by atoms with Crippen molar-refractivity contribution in [2.75, 3.05) is 44.7 Å². The monoisotopic (exact) mass is 440 g/mol. The number of halogens is 3. The lowest BCUT2D eigenvalue weighted by atomic mass is 9.84. The molecule has 7 nitrogen and oxygen atoms in total. The van der Waals surface area contributed by atoms with Gasteiger partial charge in [0.15, 0.2) is 5.82 Å². The van der Waals surface area contributed by atoms with Gasteiger partial charge in [0, 0.05) is 57.9 Å². The first-order valence-corrected chi connectivity index (χ1v) is 9.97. The van der Waals surface area contributed by atoms with Gasteiger partial charge in [-0.3, -0.25) is 9.69 Å². The van der Waals surface area contributed by atoms with Gasteiger partial charge < -0.3 is 19.3 Å². The number of imidazole rings is 1. The summed E-state index contributed by atoms with van der Waals surface area (Å²) in [5.41, 5.74) is -1.29. The lowest BCUT2D eigenvalue weighted by molar-refractivity contribution is -0.291. The number of aryl methyl sites for hydroxylation is 2. The van der Waals surface area contributed by atoms with Crippen molar-refractivity contribution in [1.82, 2.24) is 14.5 Å². The van der Waals surface area contributed by atoms with Crippen molar-refractivity contribution in [3.05, 3.63) is 48.0 Å². The molecule has 1 saturated heterocycles. The average molecular weight is 440 g/mol. The van der Waals surface area contributed by atoms with E-state index < -0.39 is 29.5 Å². The minimum absolute atomic E-state index is 0.308. The smallest absolute Gasteiger partial charge is 0.425 e. The molecule has 2 atom stereocenters. The molecule has 10 heteroatoms. The summed E-state index contributed by atoms with van der Waals surface area (Å²) in [5.74, 6) is -3.67. The molecule has 0 radical (unpaired) electrons. The van der Waals surface area contributed by atoms with Crippen molar-refractivity contribution in [2.45, 2.75) is 18.7 Å². The highest BCUT2D eigenvalue weighted by Crippen LogP contribution is 2.44. The largest absolute Gasteiger partial charge is 0.469 e. The summed E-state index contributed by atoms with van der Waals surface area (Å²) in [7, 11) is 2.36. The molecule has 0 saturated carbocycles. The van der Waals surface area contributed by atoms with Crippen LogP contribution in [-0.4, -0.2) is 71.5 Å². The Morgan fingerprint density at radius 2 is 1.87 bits per heavy atom. The van der Waals surface area contributed by atoms with Gasteiger partial charge in [0.2, 0.25) is 5.60 Å². The third-order valence-electron chi connectivity index (χ3n) is 5.85. The zero-order valence-electron chi connectivity index (χ0n) is 17.8. The van der Waals surface area contributed by atoms with Gasteiger partial charge in [0.1, 0.15) is 5.92 Å². The number of para-hydroxylation sites is 1. The van der Waals surface area contributed by atoms with E-state index in [2.05, 4.69) is 14.6 Å². The summed E-state index contributed by atoms with van der Waals surface area (Å²) in [5, 5.41) is 10.9. The summed E-state index contributed by atoms with van der Waals surface area (Å²) in [6, 6.07) is 7.90. The van der Waals surface area contributed by atoms with Crippen molar-refractivity contribution in [3.63, 3.8) is 0 Å². The zero-order valence-corrected chi connectivity index (χ0v) is 17.8. The number of aliphatic hydroxyl groups is 1. The molecule has 31 heavy (non-hydrogen) atoms. The number of nitrogens with zero attached hydrogens (tertiary/aromatic N) is 4. The normalized spacial score (nSPS) is 18.5. The topological polar surface area (TPSA) is 70.8 Å². The molecule has 1 aromatic heterocycles. The molecule has 0 bridgehead atoms. The lowest BCUT2D eigenvalue weighted by Gasteiger charge is -2.41. The molecule has 1 fully saturated rings. The fraction of sp³-hybridized carbons (Fsp3) is 0.524. The molecule has 1 aliphatic rings. The Labute approximate surface area is 179 Å². The van der Waals surface area contributed by atoms with Gasteiger partial charge in [-0.2, -0.15) is 13.2 Å². The number of esters is 1. The van der Waals surface area contributed by atoms with E-state index in [1.54, 1.807) is 4.90 Å². The SMILES string of the molecule is COC(=O)[C@@H](CN1CCN(c2ccccc2C)CC1)[C@@](O)(c1nccn1C)C(F)(F)F.